The van der Waals surface area contributed by atoms with E-state index in [0.717, 1.165) is 10.1 Å². The zero-order valence-electron chi connectivity index (χ0n) is 8.57. The van der Waals surface area contributed by atoms with Crippen molar-refractivity contribution < 1.29 is 14.7 Å². The van der Waals surface area contributed by atoms with Gasteiger partial charge in [0.2, 0.25) is 0 Å². The van der Waals surface area contributed by atoms with Gasteiger partial charge in [-0.15, -0.1) is 11.3 Å². The van der Waals surface area contributed by atoms with E-state index in [1.165, 1.54) is 11.3 Å². The topological polar surface area (TPSA) is 66.4 Å². The van der Waals surface area contributed by atoms with Crippen LogP contribution in [0.3, 0.4) is 0 Å². The molecule has 6 heteroatoms. The molecule has 0 saturated carbocycles. The Morgan fingerprint density at radius 1 is 1.35 bits per heavy atom. The molecule has 2 N–H and O–H groups in total. The van der Waals surface area contributed by atoms with Crippen molar-refractivity contribution in [3.63, 3.8) is 0 Å². The lowest BCUT2D eigenvalue weighted by molar-refractivity contribution is -0.135. The molecule has 0 spiro atoms. The van der Waals surface area contributed by atoms with Gasteiger partial charge in [0.05, 0.1) is 5.02 Å². The molecule has 0 atom stereocenters. The van der Waals surface area contributed by atoms with Crippen molar-refractivity contribution in [3.8, 4) is 0 Å². The van der Waals surface area contributed by atoms with E-state index < -0.39 is 18.4 Å². The first kappa shape index (κ1) is 11.9. The second kappa shape index (κ2) is 4.73. The van der Waals surface area contributed by atoms with Crippen LogP contribution >= 0.6 is 22.9 Å². The summed E-state index contributed by atoms with van der Waals surface area (Å²) in [6, 6.07) is 7.37. The molecule has 0 bridgehead atoms. The molecule has 88 valence electrons. The van der Waals surface area contributed by atoms with Crippen molar-refractivity contribution >= 4 is 44.9 Å². The summed E-state index contributed by atoms with van der Waals surface area (Å²) in [4.78, 5) is 22.4. The number of hydrogen-bond donors (Lipinski definition) is 2. The summed E-state index contributed by atoms with van der Waals surface area (Å²) in [7, 11) is 0. The third-order valence-corrected chi connectivity index (χ3v) is 3.82. The third-order valence-electron chi connectivity index (χ3n) is 2.14. The van der Waals surface area contributed by atoms with Gasteiger partial charge in [-0.3, -0.25) is 9.59 Å². The molecule has 2 rings (SSSR count). The highest BCUT2D eigenvalue weighted by Crippen LogP contribution is 2.34. The predicted molar refractivity (Wildman–Crippen MR) is 66.8 cm³/mol. The summed E-state index contributed by atoms with van der Waals surface area (Å²) in [6.45, 7) is -0.413. The number of benzene rings is 1. The lowest BCUT2D eigenvalue weighted by Crippen LogP contribution is -2.28. The van der Waals surface area contributed by atoms with E-state index in [2.05, 4.69) is 5.32 Å². The second-order valence-electron chi connectivity index (χ2n) is 3.32. The zero-order valence-corrected chi connectivity index (χ0v) is 10.1. The molecular formula is C11H8ClNO3S. The van der Waals surface area contributed by atoms with Crippen molar-refractivity contribution in [1.29, 1.82) is 0 Å². The molecule has 1 amide bonds. The molecule has 0 radical (unpaired) electrons. The molecule has 1 heterocycles. The van der Waals surface area contributed by atoms with Crippen molar-refractivity contribution in [2.75, 3.05) is 6.54 Å². The molecule has 17 heavy (non-hydrogen) atoms. The summed E-state index contributed by atoms with van der Waals surface area (Å²) in [6.07, 6.45) is 0. The highest BCUT2D eigenvalue weighted by atomic mass is 35.5. The fraction of sp³-hybridized carbons (Fsp3) is 0.0909. The monoisotopic (exact) mass is 269 g/mol. The van der Waals surface area contributed by atoms with E-state index in [-0.39, 0.29) is 0 Å². The number of carbonyl (C=O) groups is 2. The summed E-state index contributed by atoms with van der Waals surface area (Å²) in [5.41, 5.74) is 0. The highest BCUT2D eigenvalue weighted by Gasteiger charge is 2.16. The molecule has 0 aliphatic rings. The summed E-state index contributed by atoms with van der Waals surface area (Å²) in [5.74, 6) is -1.55. The van der Waals surface area contributed by atoms with Crippen LogP contribution in [0.2, 0.25) is 5.02 Å². The van der Waals surface area contributed by atoms with E-state index in [1.807, 2.05) is 24.3 Å². The van der Waals surface area contributed by atoms with E-state index >= 15 is 0 Å². The van der Waals surface area contributed by atoms with E-state index in [9.17, 15) is 9.59 Å². The van der Waals surface area contributed by atoms with Crippen LogP contribution in [0.1, 0.15) is 9.67 Å². The number of thiophene rings is 1. The number of carboxylic acid groups (broad SMARTS) is 1. The Morgan fingerprint density at radius 2 is 2.06 bits per heavy atom. The smallest absolute Gasteiger partial charge is 0.322 e. The van der Waals surface area contributed by atoms with Gasteiger partial charge in [-0.1, -0.05) is 29.8 Å². The first-order valence-corrected chi connectivity index (χ1v) is 5.96. The lowest BCUT2D eigenvalue weighted by Gasteiger charge is -1.99. The Kier molecular flexibility index (Phi) is 3.31. The normalized spacial score (nSPS) is 10.4. The number of hydrogen-bond acceptors (Lipinski definition) is 3. The number of amides is 1. The molecule has 1 aromatic heterocycles. The van der Waals surface area contributed by atoms with Crippen molar-refractivity contribution in [3.05, 3.63) is 34.2 Å². The molecule has 1 aromatic carbocycles. The van der Waals surface area contributed by atoms with Crippen LogP contribution in [0.15, 0.2) is 24.3 Å². The fourth-order valence-corrected chi connectivity index (χ4v) is 2.83. The molecular weight excluding hydrogens is 262 g/mol. The first-order valence-electron chi connectivity index (χ1n) is 4.76. The molecule has 0 fully saturated rings. The Hall–Kier alpha value is -1.59. The zero-order chi connectivity index (χ0) is 12.4. The van der Waals surface area contributed by atoms with Gasteiger partial charge in [-0.25, -0.2) is 0 Å². The van der Waals surface area contributed by atoms with E-state index in [4.69, 9.17) is 16.7 Å². The third kappa shape index (κ3) is 2.40. The molecule has 2 aromatic rings. The maximum Gasteiger partial charge on any atom is 0.322 e. The number of carbonyl (C=O) groups excluding carboxylic acids is 1. The molecule has 0 aliphatic carbocycles. The Bertz CT molecular complexity index is 593. The van der Waals surface area contributed by atoms with Crippen LogP contribution in [-0.4, -0.2) is 23.5 Å². The minimum absolute atomic E-state index is 0.342. The molecule has 0 aliphatic heterocycles. The maximum atomic E-state index is 11.7. The number of halogens is 1. The fourth-order valence-electron chi connectivity index (χ4n) is 1.40. The number of nitrogens with one attached hydrogen (secondary N) is 1. The number of fused-ring (bicyclic) bond motifs is 1. The Labute approximate surface area is 106 Å². The van der Waals surface area contributed by atoms with Crippen LogP contribution in [0.4, 0.5) is 0 Å². The Balaban J connectivity index is 2.32. The summed E-state index contributed by atoms with van der Waals surface area (Å²) >= 11 is 7.32. The number of rotatable bonds is 3. The van der Waals surface area contributed by atoms with Gasteiger partial charge >= 0.3 is 5.97 Å². The van der Waals surface area contributed by atoms with Gasteiger partial charge in [-0.2, -0.15) is 0 Å². The van der Waals surface area contributed by atoms with Crippen molar-refractivity contribution in [2.45, 2.75) is 0 Å². The first-order chi connectivity index (χ1) is 8.09. The summed E-state index contributed by atoms with van der Waals surface area (Å²) < 4.78 is 0.901. The largest absolute Gasteiger partial charge is 0.480 e. The van der Waals surface area contributed by atoms with Crippen molar-refractivity contribution in [2.24, 2.45) is 0 Å². The molecule has 4 nitrogen and oxygen atoms in total. The van der Waals surface area contributed by atoms with Crippen LogP contribution in [0.5, 0.6) is 0 Å². The van der Waals surface area contributed by atoms with E-state index in [0.29, 0.717) is 9.90 Å². The maximum absolute atomic E-state index is 11.7. The average molecular weight is 270 g/mol. The highest BCUT2D eigenvalue weighted by molar-refractivity contribution is 7.21. The van der Waals surface area contributed by atoms with Gasteiger partial charge < -0.3 is 10.4 Å². The number of aliphatic carboxylic acids is 1. The second-order valence-corrected chi connectivity index (χ2v) is 4.75. The number of carboxylic acids is 1. The van der Waals surface area contributed by atoms with Gasteiger partial charge in [0, 0.05) is 10.1 Å². The molecule has 0 unspecified atom stereocenters. The van der Waals surface area contributed by atoms with E-state index in [1.54, 1.807) is 0 Å². The van der Waals surface area contributed by atoms with Crippen LogP contribution in [0, 0.1) is 0 Å². The van der Waals surface area contributed by atoms with Gasteiger partial charge in [0.25, 0.3) is 5.91 Å². The summed E-state index contributed by atoms with van der Waals surface area (Å²) in [5, 5.41) is 11.9. The van der Waals surface area contributed by atoms with Crippen molar-refractivity contribution in [1.82, 2.24) is 5.32 Å². The predicted octanol–water partition coefficient (Wildman–Crippen LogP) is 2.37. The SMILES string of the molecule is O=C(O)CNC(=O)c1sc2ccccc2c1Cl. The average Bonchev–Trinajstić information content (AvgIpc) is 2.64. The van der Waals surface area contributed by atoms with Gasteiger partial charge in [0.15, 0.2) is 0 Å². The van der Waals surface area contributed by atoms with Crippen LogP contribution < -0.4 is 5.32 Å². The van der Waals surface area contributed by atoms with Gasteiger partial charge in [0.1, 0.15) is 11.4 Å². The quantitative estimate of drug-likeness (QED) is 0.899. The standard InChI is InChI=1S/C11H8ClNO3S/c12-9-6-3-1-2-4-7(6)17-10(9)11(16)13-5-8(14)15/h1-4H,5H2,(H,13,16)(H,14,15). The minimum Gasteiger partial charge on any atom is -0.480 e. The lowest BCUT2D eigenvalue weighted by atomic mass is 10.2. The minimum atomic E-state index is -1.09. The Morgan fingerprint density at radius 3 is 2.71 bits per heavy atom. The van der Waals surface area contributed by atoms with Crippen LogP contribution in [-0.2, 0) is 4.79 Å². The van der Waals surface area contributed by atoms with Gasteiger partial charge in [-0.05, 0) is 6.07 Å². The molecule has 0 saturated heterocycles. The van der Waals surface area contributed by atoms with Crippen LogP contribution in [0.25, 0.3) is 10.1 Å².